The first kappa shape index (κ1) is 13.2. The minimum absolute atomic E-state index is 0.275. The van der Waals surface area contributed by atoms with Gasteiger partial charge in [0, 0.05) is 33.0 Å². The molecule has 0 fully saturated rings. The molecule has 0 radical (unpaired) electrons. The third-order valence-electron chi connectivity index (χ3n) is 2.05. The van der Waals surface area contributed by atoms with Gasteiger partial charge < -0.3 is 10.1 Å². The van der Waals surface area contributed by atoms with E-state index in [4.69, 9.17) is 16.3 Å². The highest BCUT2D eigenvalue weighted by Gasteiger charge is 1.97. The van der Waals surface area contributed by atoms with E-state index >= 15 is 0 Å². The summed E-state index contributed by atoms with van der Waals surface area (Å²) in [6, 6.07) is 0. The zero-order chi connectivity index (χ0) is 11.8. The van der Waals surface area contributed by atoms with Crippen molar-refractivity contribution in [2.45, 2.75) is 13.0 Å². The molecule has 16 heavy (non-hydrogen) atoms. The topological polar surface area (TPSA) is 56.1 Å². The molecule has 0 aliphatic carbocycles. The highest BCUT2D eigenvalue weighted by Crippen LogP contribution is 2.00. The van der Waals surface area contributed by atoms with Crippen LogP contribution in [-0.4, -0.2) is 36.4 Å². The van der Waals surface area contributed by atoms with Crippen LogP contribution < -0.4 is 11.0 Å². The molecule has 90 valence electrons. The van der Waals surface area contributed by atoms with Gasteiger partial charge in [-0.05, 0) is 13.0 Å². The van der Waals surface area contributed by atoms with Crippen molar-refractivity contribution in [3.05, 3.63) is 27.9 Å². The first-order valence-electron chi connectivity index (χ1n) is 5.15. The Hall–Kier alpha value is -0.910. The van der Waals surface area contributed by atoms with Gasteiger partial charge in [-0.1, -0.05) is 11.6 Å². The lowest BCUT2D eigenvalue weighted by Gasteiger charge is -2.06. The van der Waals surface area contributed by atoms with Crippen molar-refractivity contribution in [2.75, 3.05) is 26.8 Å². The average molecular weight is 246 g/mol. The predicted molar refractivity (Wildman–Crippen MR) is 62.9 cm³/mol. The summed E-state index contributed by atoms with van der Waals surface area (Å²) < 4.78 is 6.41. The summed E-state index contributed by atoms with van der Waals surface area (Å²) in [5.74, 6) is 0. The zero-order valence-electron chi connectivity index (χ0n) is 9.28. The summed E-state index contributed by atoms with van der Waals surface area (Å²) >= 11 is 5.74. The van der Waals surface area contributed by atoms with Crippen molar-refractivity contribution < 1.29 is 4.74 Å². The number of nitrogens with one attached hydrogen (secondary N) is 1. The van der Waals surface area contributed by atoms with Crippen LogP contribution in [0.3, 0.4) is 0 Å². The van der Waals surface area contributed by atoms with Crippen molar-refractivity contribution in [1.29, 1.82) is 0 Å². The van der Waals surface area contributed by atoms with Crippen LogP contribution in [0.15, 0.2) is 17.2 Å². The number of hydrogen-bond donors (Lipinski definition) is 1. The Morgan fingerprint density at radius 1 is 1.56 bits per heavy atom. The first-order valence-corrected chi connectivity index (χ1v) is 5.53. The second-order valence-electron chi connectivity index (χ2n) is 3.34. The number of aromatic nitrogens is 2. The van der Waals surface area contributed by atoms with E-state index in [0.29, 0.717) is 18.1 Å². The number of nitrogens with zero attached hydrogens (tertiary/aromatic N) is 2. The van der Waals surface area contributed by atoms with Gasteiger partial charge in [0.2, 0.25) is 0 Å². The summed E-state index contributed by atoms with van der Waals surface area (Å²) in [6.07, 6.45) is 3.90. The fraction of sp³-hybridized carbons (Fsp3) is 0.600. The molecule has 0 atom stereocenters. The second kappa shape index (κ2) is 7.38. The van der Waals surface area contributed by atoms with E-state index in [-0.39, 0.29) is 5.69 Å². The van der Waals surface area contributed by atoms with Gasteiger partial charge in [-0.15, -0.1) is 0 Å². The van der Waals surface area contributed by atoms with E-state index < -0.39 is 0 Å². The highest BCUT2D eigenvalue weighted by atomic mass is 35.5. The molecule has 5 nitrogen and oxygen atoms in total. The summed E-state index contributed by atoms with van der Waals surface area (Å²) in [4.78, 5) is 14.9. The van der Waals surface area contributed by atoms with Crippen molar-refractivity contribution in [1.82, 2.24) is 14.9 Å². The molecule has 0 aliphatic rings. The third kappa shape index (κ3) is 4.74. The summed E-state index contributed by atoms with van der Waals surface area (Å²) in [6.45, 7) is 2.90. The molecular weight excluding hydrogens is 230 g/mol. The molecule has 0 spiro atoms. The molecule has 6 heteroatoms. The van der Waals surface area contributed by atoms with Crippen LogP contribution >= 0.6 is 11.6 Å². The van der Waals surface area contributed by atoms with Crippen molar-refractivity contribution in [3.8, 4) is 0 Å². The summed E-state index contributed by atoms with van der Waals surface area (Å²) in [5, 5.41) is 3.68. The Balaban J connectivity index is 2.26. The summed E-state index contributed by atoms with van der Waals surface area (Å²) in [7, 11) is 1.68. The molecule has 1 N–H and O–H groups in total. The lowest BCUT2D eigenvalue weighted by molar-refractivity contribution is 0.194. The third-order valence-corrected chi connectivity index (χ3v) is 2.25. The Morgan fingerprint density at radius 3 is 3.12 bits per heavy atom. The number of ether oxygens (including phenoxy) is 1. The molecule has 1 heterocycles. The monoisotopic (exact) mass is 245 g/mol. The minimum atomic E-state index is -0.275. The molecule has 1 aromatic heterocycles. The lowest BCUT2D eigenvalue weighted by Crippen LogP contribution is -2.28. The average Bonchev–Trinajstić information content (AvgIpc) is 2.28. The van der Waals surface area contributed by atoms with Crippen LogP contribution in [0.25, 0.3) is 0 Å². The fourth-order valence-corrected chi connectivity index (χ4v) is 1.42. The number of rotatable bonds is 7. The van der Waals surface area contributed by atoms with Gasteiger partial charge in [-0.3, -0.25) is 4.57 Å². The van der Waals surface area contributed by atoms with Gasteiger partial charge in [0.05, 0.1) is 11.2 Å². The molecule has 0 aliphatic heterocycles. The number of halogens is 1. The molecule has 1 rings (SSSR count). The quantitative estimate of drug-likeness (QED) is 0.712. The van der Waals surface area contributed by atoms with Crippen LogP contribution in [0.1, 0.15) is 6.42 Å². The minimum Gasteiger partial charge on any atom is -0.385 e. The number of hydrogen-bond acceptors (Lipinski definition) is 4. The van der Waals surface area contributed by atoms with Crippen LogP contribution in [0.4, 0.5) is 0 Å². The Kier molecular flexibility index (Phi) is 6.07. The van der Waals surface area contributed by atoms with Crippen molar-refractivity contribution in [2.24, 2.45) is 0 Å². The standard InChI is InChI=1S/C10H16ClN3O2/c1-16-6-2-3-12-4-5-14-8-9(11)7-13-10(14)15/h7-8,12H,2-6H2,1H3. The largest absolute Gasteiger partial charge is 0.385 e. The van der Waals surface area contributed by atoms with Gasteiger partial charge in [-0.2, -0.15) is 0 Å². The highest BCUT2D eigenvalue weighted by molar-refractivity contribution is 6.30. The predicted octanol–water partition coefficient (Wildman–Crippen LogP) is 0.523. The SMILES string of the molecule is COCCCNCCn1cc(Cl)cnc1=O. The Labute approximate surface area is 99.4 Å². The van der Waals surface area contributed by atoms with E-state index in [1.54, 1.807) is 13.3 Å². The van der Waals surface area contributed by atoms with Gasteiger partial charge in [0.1, 0.15) is 0 Å². The van der Waals surface area contributed by atoms with E-state index in [2.05, 4.69) is 10.3 Å². The Morgan fingerprint density at radius 2 is 2.38 bits per heavy atom. The lowest BCUT2D eigenvalue weighted by atomic mass is 10.4. The van der Waals surface area contributed by atoms with Gasteiger partial charge in [0.15, 0.2) is 0 Å². The zero-order valence-corrected chi connectivity index (χ0v) is 10.0. The maximum atomic E-state index is 11.3. The van der Waals surface area contributed by atoms with Crippen LogP contribution in [0, 0.1) is 0 Å². The molecule has 0 saturated heterocycles. The molecule has 0 unspecified atom stereocenters. The molecule has 1 aromatic rings. The molecule has 0 aromatic carbocycles. The molecule has 0 saturated carbocycles. The van der Waals surface area contributed by atoms with Gasteiger partial charge >= 0.3 is 5.69 Å². The molecule has 0 bridgehead atoms. The molecule has 0 amide bonds. The fourth-order valence-electron chi connectivity index (χ4n) is 1.25. The first-order chi connectivity index (χ1) is 7.74. The van der Waals surface area contributed by atoms with E-state index in [9.17, 15) is 4.79 Å². The molecular formula is C10H16ClN3O2. The summed E-state index contributed by atoms with van der Waals surface area (Å²) in [5.41, 5.74) is -0.275. The van der Waals surface area contributed by atoms with Crippen molar-refractivity contribution in [3.63, 3.8) is 0 Å². The Bertz CT molecular complexity index is 367. The van der Waals surface area contributed by atoms with Crippen molar-refractivity contribution >= 4 is 11.6 Å². The number of methoxy groups -OCH3 is 1. The smallest absolute Gasteiger partial charge is 0.347 e. The maximum Gasteiger partial charge on any atom is 0.347 e. The van der Waals surface area contributed by atoms with Crippen LogP contribution in [-0.2, 0) is 11.3 Å². The van der Waals surface area contributed by atoms with Gasteiger partial charge in [0.25, 0.3) is 0 Å². The second-order valence-corrected chi connectivity index (χ2v) is 3.78. The van der Waals surface area contributed by atoms with Crippen LogP contribution in [0.5, 0.6) is 0 Å². The normalized spacial score (nSPS) is 10.6. The maximum absolute atomic E-state index is 11.3. The van der Waals surface area contributed by atoms with E-state index in [0.717, 1.165) is 19.6 Å². The van der Waals surface area contributed by atoms with Crippen LogP contribution in [0.2, 0.25) is 5.02 Å². The van der Waals surface area contributed by atoms with E-state index in [1.807, 2.05) is 0 Å². The van der Waals surface area contributed by atoms with Gasteiger partial charge in [-0.25, -0.2) is 9.78 Å². The van der Waals surface area contributed by atoms with E-state index in [1.165, 1.54) is 10.8 Å².